The lowest BCUT2D eigenvalue weighted by atomic mass is 10.1. The minimum absolute atomic E-state index is 0.133. The summed E-state index contributed by atoms with van der Waals surface area (Å²) in [7, 11) is 0. The number of carboxylic acid groups (broad SMARTS) is 1. The molecule has 0 aliphatic rings. The van der Waals surface area contributed by atoms with Crippen molar-refractivity contribution in [3.63, 3.8) is 0 Å². The second-order valence-electron chi connectivity index (χ2n) is 3.73. The maximum atomic E-state index is 11.1. The summed E-state index contributed by atoms with van der Waals surface area (Å²) >= 11 is 1.07. The first-order valence-electron chi connectivity index (χ1n) is 5.00. The summed E-state index contributed by atoms with van der Waals surface area (Å²) in [5, 5.41) is 8.94. The number of primary amides is 1. The summed E-state index contributed by atoms with van der Waals surface area (Å²) in [6, 6.07) is 1.70. The highest BCUT2D eigenvalue weighted by Gasteiger charge is 2.20. The molecular weight excluding hydrogens is 240 g/mol. The van der Waals surface area contributed by atoms with Crippen molar-refractivity contribution in [2.24, 2.45) is 5.73 Å². The van der Waals surface area contributed by atoms with E-state index in [1.807, 2.05) is 0 Å². The van der Waals surface area contributed by atoms with Crippen molar-refractivity contribution in [3.05, 3.63) is 22.9 Å². The minimum atomic E-state index is -1.05. The monoisotopic (exact) mass is 254 g/mol. The van der Waals surface area contributed by atoms with Crippen molar-refractivity contribution in [2.45, 2.75) is 31.0 Å². The van der Waals surface area contributed by atoms with Crippen LogP contribution in [0, 0.1) is 13.8 Å². The summed E-state index contributed by atoms with van der Waals surface area (Å²) in [6.45, 7) is 5.10. The molecule has 1 rings (SSSR count). The van der Waals surface area contributed by atoms with Crippen LogP contribution in [0.4, 0.5) is 0 Å². The number of hydrogen-bond acceptors (Lipinski definition) is 4. The van der Waals surface area contributed by atoms with E-state index in [0.29, 0.717) is 16.3 Å². The number of hydrogen-bond donors (Lipinski definition) is 2. The molecule has 0 fully saturated rings. The number of nitrogens with two attached hydrogens (primary N) is 1. The maximum Gasteiger partial charge on any atom is 0.338 e. The summed E-state index contributed by atoms with van der Waals surface area (Å²) in [5.74, 6) is -1.54. The fraction of sp³-hybridized carbons (Fsp3) is 0.364. The first kappa shape index (κ1) is 13.5. The zero-order valence-corrected chi connectivity index (χ0v) is 10.7. The van der Waals surface area contributed by atoms with Crippen molar-refractivity contribution in [3.8, 4) is 0 Å². The number of pyridine rings is 1. The molecule has 1 atom stereocenters. The molecule has 0 aliphatic carbocycles. The molecular formula is C11H14N2O3S. The Bertz CT molecular complexity index is 474. The number of carbonyl (C=O) groups is 2. The lowest BCUT2D eigenvalue weighted by molar-refractivity contribution is -0.117. The van der Waals surface area contributed by atoms with E-state index < -0.39 is 17.1 Å². The Morgan fingerprint density at radius 2 is 2.06 bits per heavy atom. The van der Waals surface area contributed by atoms with E-state index in [9.17, 15) is 9.59 Å². The number of aryl methyl sites for hydroxylation is 2. The number of aromatic carboxylic acids is 1. The maximum absolute atomic E-state index is 11.1. The molecule has 0 aromatic carbocycles. The van der Waals surface area contributed by atoms with Gasteiger partial charge in [-0.15, -0.1) is 0 Å². The van der Waals surface area contributed by atoms with Gasteiger partial charge in [0.15, 0.2) is 0 Å². The predicted octanol–water partition coefficient (Wildman–Crippen LogP) is 1.36. The van der Waals surface area contributed by atoms with Gasteiger partial charge in [0.05, 0.1) is 10.8 Å². The van der Waals surface area contributed by atoms with Gasteiger partial charge in [0.2, 0.25) is 5.91 Å². The number of carbonyl (C=O) groups excluding carboxylic acids is 1. The molecule has 0 bridgehead atoms. The summed E-state index contributed by atoms with van der Waals surface area (Å²) in [4.78, 5) is 26.3. The summed E-state index contributed by atoms with van der Waals surface area (Å²) < 4.78 is 0. The van der Waals surface area contributed by atoms with Crippen molar-refractivity contribution in [1.29, 1.82) is 0 Å². The summed E-state index contributed by atoms with van der Waals surface area (Å²) in [5.41, 5.74) is 6.63. The first-order chi connectivity index (χ1) is 7.82. The molecule has 3 N–H and O–H groups in total. The van der Waals surface area contributed by atoms with Crippen LogP contribution in [0.3, 0.4) is 0 Å². The molecule has 17 heavy (non-hydrogen) atoms. The van der Waals surface area contributed by atoms with Gasteiger partial charge < -0.3 is 10.8 Å². The largest absolute Gasteiger partial charge is 0.478 e. The van der Waals surface area contributed by atoms with Crippen LogP contribution >= 0.6 is 11.8 Å². The van der Waals surface area contributed by atoms with Gasteiger partial charge in [-0.2, -0.15) is 0 Å². The molecule has 1 aromatic heterocycles. The number of rotatable bonds is 4. The van der Waals surface area contributed by atoms with Crippen LogP contribution in [0.2, 0.25) is 0 Å². The normalized spacial score (nSPS) is 12.2. The first-order valence-corrected chi connectivity index (χ1v) is 5.88. The van der Waals surface area contributed by atoms with Crippen molar-refractivity contribution < 1.29 is 14.7 Å². The van der Waals surface area contributed by atoms with Crippen LogP contribution in [0.5, 0.6) is 0 Å². The lowest BCUT2D eigenvalue weighted by Crippen LogP contribution is -2.23. The standard InChI is InChI=1S/C11H14N2O3S/c1-5-4-6(2)13-10(8(5)11(15)16)17-7(3)9(12)14/h4,7H,1-3H3,(H2,12,14)(H,15,16). The molecule has 0 saturated heterocycles. The van der Waals surface area contributed by atoms with Gasteiger partial charge in [0, 0.05) is 5.69 Å². The Morgan fingerprint density at radius 1 is 1.47 bits per heavy atom. The van der Waals surface area contributed by atoms with Crippen LogP contribution < -0.4 is 5.73 Å². The van der Waals surface area contributed by atoms with Gasteiger partial charge in [-0.25, -0.2) is 9.78 Å². The zero-order chi connectivity index (χ0) is 13.2. The van der Waals surface area contributed by atoms with Crippen molar-refractivity contribution >= 4 is 23.6 Å². The Hall–Kier alpha value is -1.56. The Balaban J connectivity index is 3.21. The third-order valence-corrected chi connectivity index (χ3v) is 3.32. The predicted molar refractivity (Wildman–Crippen MR) is 65.2 cm³/mol. The molecule has 5 nitrogen and oxygen atoms in total. The number of amides is 1. The lowest BCUT2D eigenvalue weighted by Gasteiger charge is -2.11. The number of carboxylic acids is 1. The van der Waals surface area contributed by atoms with E-state index in [4.69, 9.17) is 10.8 Å². The molecule has 1 aromatic rings. The van der Waals surface area contributed by atoms with Crippen molar-refractivity contribution in [1.82, 2.24) is 4.98 Å². The second-order valence-corrected chi connectivity index (χ2v) is 5.06. The quantitative estimate of drug-likeness (QED) is 0.791. The molecule has 6 heteroatoms. The molecule has 0 saturated carbocycles. The molecule has 1 heterocycles. The third kappa shape index (κ3) is 3.20. The molecule has 92 valence electrons. The zero-order valence-electron chi connectivity index (χ0n) is 9.85. The van der Waals surface area contributed by atoms with E-state index in [2.05, 4.69) is 4.98 Å². The SMILES string of the molecule is Cc1cc(C)c(C(=O)O)c(SC(C)C(N)=O)n1. The van der Waals surface area contributed by atoms with E-state index >= 15 is 0 Å². The second kappa shape index (κ2) is 5.18. The molecule has 0 spiro atoms. The van der Waals surface area contributed by atoms with Gasteiger partial charge in [-0.3, -0.25) is 4.79 Å². The van der Waals surface area contributed by atoms with Crippen LogP contribution in [0.25, 0.3) is 0 Å². The Labute approximate surface area is 103 Å². The van der Waals surface area contributed by atoms with E-state index in [1.165, 1.54) is 0 Å². The van der Waals surface area contributed by atoms with E-state index in [1.54, 1.807) is 26.8 Å². The van der Waals surface area contributed by atoms with Gasteiger partial charge >= 0.3 is 5.97 Å². The number of nitrogens with zero attached hydrogens (tertiary/aromatic N) is 1. The van der Waals surface area contributed by atoms with Crippen LogP contribution in [-0.4, -0.2) is 27.2 Å². The molecule has 1 unspecified atom stereocenters. The van der Waals surface area contributed by atoms with Crippen LogP contribution in [-0.2, 0) is 4.79 Å². The van der Waals surface area contributed by atoms with Gasteiger partial charge in [0.1, 0.15) is 5.03 Å². The van der Waals surface area contributed by atoms with Gasteiger partial charge in [-0.1, -0.05) is 11.8 Å². The molecule has 0 aliphatic heterocycles. The highest BCUT2D eigenvalue weighted by Crippen LogP contribution is 2.27. The third-order valence-electron chi connectivity index (χ3n) is 2.21. The smallest absolute Gasteiger partial charge is 0.338 e. The van der Waals surface area contributed by atoms with Crippen LogP contribution in [0.15, 0.2) is 11.1 Å². The Kier molecular flexibility index (Phi) is 4.11. The van der Waals surface area contributed by atoms with Gasteiger partial charge in [0.25, 0.3) is 0 Å². The number of thioether (sulfide) groups is 1. The van der Waals surface area contributed by atoms with Crippen LogP contribution in [0.1, 0.15) is 28.5 Å². The topological polar surface area (TPSA) is 93.3 Å². The number of aromatic nitrogens is 1. The fourth-order valence-corrected chi connectivity index (χ4v) is 2.39. The molecule has 0 radical (unpaired) electrons. The fourth-order valence-electron chi connectivity index (χ4n) is 1.37. The van der Waals surface area contributed by atoms with E-state index in [0.717, 1.165) is 11.8 Å². The molecule has 1 amide bonds. The van der Waals surface area contributed by atoms with Gasteiger partial charge in [-0.05, 0) is 32.4 Å². The Morgan fingerprint density at radius 3 is 2.53 bits per heavy atom. The average molecular weight is 254 g/mol. The average Bonchev–Trinajstić information content (AvgIpc) is 2.14. The summed E-state index contributed by atoms with van der Waals surface area (Å²) in [6.07, 6.45) is 0. The highest BCUT2D eigenvalue weighted by molar-refractivity contribution is 8.00. The van der Waals surface area contributed by atoms with Crippen molar-refractivity contribution in [2.75, 3.05) is 0 Å². The minimum Gasteiger partial charge on any atom is -0.478 e. The van der Waals surface area contributed by atoms with E-state index in [-0.39, 0.29) is 5.56 Å². The highest BCUT2D eigenvalue weighted by atomic mass is 32.2.